The molecule has 0 amide bonds. The highest BCUT2D eigenvalue weighted by molar-refractivity contribution is 6.28. The van der Waals surface area contributed by atoms with E-state index in [1.807, 2.05) is 6.92 Å². The molecule has 0 unspecified atom stereocenters. The zero-order valence-corrected chi connectivity index (χ0v) is 14.8. The molecule has 0 fully saturated rings. The maximum Gasteiger partial charge on any atom is 0.313 e. The zero-order valence-electron chi connectivity index (χ0n) is 14.0. The van der Waals surface area contributed by atoms with E-state index in [1.165, 1.54) is 6.92 Å². The number of Topliss-reactive ketones (excluding diaryl/α,β-unsaturated/α-hetero) is 2. The van der Waals surface area contributed by atoms with Gasteiger partial charge in [-0.2, -0.15) is 0 Å². The van der Waals surface area contributed by atoms with Gasteiger partial charge in [-0.25, -0.2) is 6.57 Å². The third-order valence-corrected chi connectivity index (χ3v) is 1.95. The molecular weight excluding hydrogens is 326 g/mol. The number of ketones is 2. The molecule has 0 rings (SSSR count). The van der Waals surface area contributed by atoms with Crippen LogP contribution in [0.15, 0.2) is 0 Å². The molecule has 0 radical (unpaired) electrons. The fourth-order valence-electron chi connectivity index (χ4n) is 0.836. The maximum absolute atomic E-state index is 10.5. The highest BCUT2D eigenvalue weighted by atomic mass is 35.5. The quantitative estimate of drug-likeness (QED) is 0.303. The predicted molar refractivity (Wildman–Crippen MR) is 86.1 cm³/mol. The lowest BCUT2D eigenvalue weighted by Gasteiger charge is -1.97. The van der Waals surface area contributed by atoms with Gasteiger partial charge in [-0.15, -0.1) is 11.6 Å². The van der Waals surface area contributed by atoms with Crippen molar-refractivity contribution in [2.24, 2.45) is 0 Å². The monoisotopic (exact) mass is 349 g/mol. The van der Waals surface area contributed by atoms with Crippen LogP contribution in [0, 0.1) is 6.57 Å². The normalized spacial score (nSPS) is 8.17. The van der Waals surface area contributed by atoms with E-state index < -0.39 is 11.9 Å². The molecule has 0 aromatic carbocycles. The zero-order chi connectivity index (χ0) is 18.7. The summed E-state index contributed by atoms with van der Waals surface area (Å²) in [5.41, 5.74) is 0. The van der Waals surface area contributed by atoms with Crippen LogP contribution in [0.25, 0.3) is 4.85 Å². The van der Waals surface area contributed by atoms with Gasteiger partial charge in [0.1, 0.15) is 18.6 Å². The molecule has 8 heteroatoms. The number of halogens is 1. The molecule has 0 heterocycles. The average Bonchev–Trinajstić information content (AvgIpc) is 2.47. The van der Waals surface area contributed by atoms with E-state index in [0.717, 1.165) is 0 Å². The second-order valence-corrected chi connectivity index (χ2v) is 4.08. The fourth-order valence-corrected chi connectivity index (χ4v) is 0.930. The number of hydrogen-bond donors (Lipinski definition) is 0. The minimum absolute atomic E-state index is 0.103. The van der Waals surface area contributed by atoms with Crippen molar-refractivity contribution in [1.29, 1.82) is 0 Å². The lowest BCUT2D eigenvalue weighted by Crippen LogP contribution is -2.11. The third-order valence-electron chi connectivity index (χ3n) is 1.65. The summed E-state index contributed by atoms with van der Waals surface area (Å²) in [7, 11) is 0. The van der Waals surface area contributed by atoms with Crippen molar-refractivity contribution in [3.8, 4) is 0 Å². The summed E-state index contributed by atoms with van der Waals surface area (Å²) in [6.07, 6.45) is -0.314. The molecule has 0 saturated heterocycles. The Kier molecular flexibility index (Phi) is 22.7. The van der Waals surface area contributed by atoms with Gasteiger partial charge in [0.05, 0.1) is 19.1 Å². The van der Waals surface area contributed by atoms with Crippen LogP contribution in [-0.2, 0) is 28.7 Å². The van der Waals surface area contributed by atoms with Crippen molar-refractivity contribution in [2.75, 3.05) is 25.6 Å². The molecule has 0 aromatic heterocycles. The minimum atomic E-state index is -0.506. The first-order valence-corrected chi connectivity index (χ1v) is 7.53. The summed E-state index contributed by atoms with van der Waals surface area (Å²) in [6.45, 7) is 13.9. The first-order valence-electron chi connectivity index (χ1n) is 7.00. The van der Waals surface area contributed by atoms with Crippen LogP contribution in [0.1, 0.15) is 40.5 Å². The van der Waals surface area contributed by atoms with Crippen LogP contribution >= 0.6 is 11.6 Å². The van der Waals surface area contributed by atoms with Crippen molar-refractivity contribution in [2.45, 2.75) is 40.5 Å². The number of esters is 2. The van der Waals surface area contributed by atoms with E-state index >= 15 is 0 Å². The SMILES string of the molecule is CCOC(=O)CC(=O)CCl.CCOC(=O)CC(C)=O.[C-]#[N+]CC. The van der Waals surface area contributed by atoms with Crippen LogP contribution in [0.5, 0.6) is 0 Å². The maximum atomic E-state index is 10.5. The standard InChI is InChI=1S/C6H9ClO3.C6H10O3.C3H5N/c1-2-10-6(9)3-5(8)4-7;1-3-9-6(8)4-5(2)7;1-3-4-2/h2-4H2,1H3;3-4H2,1-2H3;3H2,1H3. The van der Waals surface area contributed by atoms with Crippen molar-refractivity contribution in [1.82, 2.24) is 0 Å². The predicted octanol–water partition coefficient (Wildman–Crippen LogP) is 2.20. The van der Waals surface area contributed by atoms with Gasteiger partial charge in [0, 0.05) is 6.92 Å². The molecule has 23 heavy (non-hydrogen) atoms. The molecule has 0 aliphatic carbocycles. The van der Waals surface area contributed by atoms with Crippen molar-refractivity contribution < 1.29 is 28.7 Å². The number of hydrogen-bond acceptors (Lipinski definition) is 6. The summed E-state index contributed by atoms with van der Waals surface area (Å²) < 4.78 is 8.99. The summed E-state index contributed by atoms with van der Waals surface area (Å²) in [5.74, 6) is -1.54. The van der Waals surface area contributed by atoms with Crippen molar-refractivity contribution in [3.63, 3.8) is 0 Å². The van der Waals surface area contributed by atoms with E-state index in [9.17, 15) is 19.2 Å². The molecule has 0 bridgehead atoms. The van der Waals surface area contributed by atoms with Gasteiger partial charge >= 0.3 is 11.9 Å². The number of carbonyl (C=O) groups is 4. The number of ether oxygens (including phenoxy) is 2. The Labute approximate surface area is 142 Å². The Balaban J connectivity index is -0.000000284. The van der Waals surface area contributed by atoms with Crippen LogP contribution in [0.2, 0.25) is 0 Å². The van der Waals surface area contributed by atoms with E-state index in [1.54, 1.807) is 13.8 Å². The second-order valence-electron chi connectivity index (χ2n) is 3.81. The third kappa shape index (κ3) is 28.8. The lowest BCUT2D eigenvalue weighted by atomic mass is 10.3. The molecular formula is C15H24ClNO6. The topological polar surface area (TPSA) is 91.1 Å². The number of alkyl halides is 1. The number of carbonyl (C=O) groups excluding carboxylic acids is 4. The molecule has 0 atom stereocenters. The van der Waals surface area contributed by atoms with Gasteiger partial charge in [-0.1, -0.05) is 0 Å². The summed E-state index contributed by atoms with van der Waals surface area (Å²) in [5, 5.41) is 0. The Morgan fingerprint density at radius 3 is 1.61 bits per heavy atom. The lowest BCUT2D eigenvalue weighted by molar-refractivity contribution is -0.146. The van der Waals surface area contributed by atoms with Crippen molar-refractivity contribution >= 4 is 35.1 Å². The minimum Gasteiger partial charge on any atom is -0.466 e. The molecule has 0 aromatic rings. The van der Waals surface area contributed by atoms with Crippen molar-refractivity contribution in [3.05, 3.63) is 11.4 Å². The van der Waals surface area contributed by atoms with Gasteiger partial charge < -0.3 is 14.3 Å². The molecule has 7 nitrogen and oxygen atoms in total. The summed E-state index contributed by atoms with van der Waals surface area (Å²) in [6, 6.07) is 0. The van der Waals surface area contributed by atoms with E-state index in [-0.39, 0.29) is 30.3 Å². The van der Waals surface area contributed by atoms with E-state index in [2.05, 4.69) is 14.3 Å². The van der Waals surface area contributed by atoms with Gasteiger partial charge in [-0.05, 0) is 20.8 Å². The molecule has 0 aliphatic heterocycles. The highest BCUT2D eigenvalue weighted by Crippen LogP contribution is 1.90. The first kappa shape index (κ1) is 26.0. The molecule has 132 valence electrons. The molecule has 0 saturated carbocycles. The van der Waals surface area contributed by atoms with Gasteiger partial charge in [-0.3, -0.25) is 19.2 Å². The van der Waals surface area contributed by atoms with Crippen LogP contribution < -0.4 is 0 Å². The smallest absolute Gasteiger partial charge is 0.313 e. The van der Waals surface area contributed by atoms with E-state index in [4.69, 9.17) is 18.2 Å². The summed E-state index contributed by atoms with van der Waals surface area (Å²) >= 11 is 5.14. The Hall–Kier alpha value is -1.94. The first-order chi connectivity index (χ1) is 10.8. The van der Waals surface area contributed by atoms with Gasteiger partial charge in [0.15, 0.2) is 5.78 Å². The Morgan fingerprint density at radius 2 is 1.35 bits per heavy atom. The molecule has 0 spiro atoms. The Bertz CT molecular complexity index is 403. The highest BCUT2D eigenvalue weighted by Gasteiger charge is 2.07. The van der Waals surface area contributed by atoms with Crippen LogP contribution in [0.3, 0.4) is 0 Å². The Morgan fingerprint density at radius 1 is 0.957 bits per heavy atom. The molecule has 0 aliphatic rings. The number of nitrogens with zero attached hydrogens (tertiary/aromatic N) is 1. The molecule has 0 N–H and O–H groups in total. The fraction of sp³-hybridized carbons (Fsp3) is 0.667. The van der Waals surface area contributed by atoms with Gasteiger partial charge in [0.2, 0.25) is 6.54 Å². The van der Waals surface area contributed by atoms with E-state index in [0.29, 0.717) is 19.8 Å². The largest absolute Gasteiger partial charge is 0.466 e. The van der Waals surface area contributed by atoms with Crippen LogP contribution in [0.4, 0.5) is 0 Å². The second kappa shape index (κ2) is 20.1. The van der Waals surface area contributed by atoms with Crippen LogP contribution in [-0.4, -0.2) is 49.1 Å². The average molecular weight is 350 g/mol. The van der Waals surface area contributed by atoms with Gasteiger partial charge in [0.25, 0.3) is 0 Å². The summed E-state index contributed by atoms with van der Waals surface area (Å²) in [4.78, 5) is 44.6. The number of rotatable bonds is 7.